The van der Waals surface area contributed by atoms with Crippen molar-refractivity contribution in [3.63, 3.8) is 0 Å². The van der Waals surface area contributed by atoms with Crippen LogP contribution in [-0.2, 0) is 11.3 Å². The maximum Gasteiger partial charge on any atom is 0.146 e. The van der Waals surface area contributed by atoms with E-state index in [0.29, 0.717) is 17.9 Å². The van der Waals surface area contributed by atoms with E-state index in [1.165, 1.54) is 6.07 Å². The maximum absolute atomic E-state index is 13.9. The van der Waals surface area contributed by atoms with Crippen LogP contribution in [0.5, 0.6) is 0 Å². The van der Waals surface area contributed by atoms with Crippen molar-refractivity contribution in [3.8, 4) is 0 Å². The fourth-order valence-electron chi connectivity index (χ4n) is 2.39. The van der Waals surface area contributed by atoms with Crippen molar-refractivity contribution in [1.82, 2.24) is 0 Å². The van der Waals surface area contributed by atoms with Crippen molar-refractivity contribution in [3.05, 3.63) is 29.6 Å². The molecule has 1 aromatic rings. The Morgan fingerprint density at radius 1 is 1.26 bits per heavy atom. The van der Waals surface area contributed by atoms with E-state index in [-0.39, 0.29) is 25.1 Å². The molecule has 0 spiro atoms. The van der Waals surface area contributed by atoms with E-state index in [9.17, 15) is 4.39 Å². The first-order valence-electron chi connectivity index (χ1n) is 6.61. The molecule has 1 aliphatic heterocycles. The van der Waals surface area contributed by atoms with Gasteiger partial charge in [-0.15, -0.1) is 0 Å². The average molecular weight is 269 g/mol. The zero-order valence-corrected chi connectivity index (χ0v) is 10.9. The Kier molecular flexibility index (Phi) is 5.13. The lowest BCUT2D eigenvalue weighted by Gasteiger charge is -2.33. The van der Waals surface area contributed by atoms with Gasteiger partial charge in [-0.3, -0.25) is 0 Å². The molecular formula is C14H20FNO3. The molecule has 0 radical (unpaired) electrons. The van der Waals surface area contributed by atoms with Crippen LogP contribution in [0.3, 0.4) is 0 Å². The van der Waals surface area contributed by atoms with Gasteiger partial charge in [0.25, 0.3) is 0 Å². The van der Waals surface area contributed by atoms with Crippen LogP contribution in [0, 0.1) is 5.82 Å². The highest BCUT2D eigenvalue weighted by Gasteiger charge is 2.21. The molecule has 19 heavy (non-hydrogen) atoms. The Hall–Kier alpha value is -1.17. The third-order valence-electron chi connectivity index (χ3n) is 3.42. The van der Waals surface area contributed by atoms with Crippen molar-refractivity contribution in [1.29, 1.82) is 0 Å². The molecule has 1 aromatic carbocycles. The van der Waals surface area contributed by atoms with Gasteiger partial charge in [-0.05, 0) is 30.5 Å². The first-order chi connectivity index (χ1) is 9.24. The molecule has 5 heteroatoms. The molecule has 2 rings (SSSR count). The fraction of sp³-hybridized carbons (Fsp3) is 0.571. The molecule has 1 saturated heterocycles. The maximum atomic E-state index is 13.9. The highest BCUT2D eigenvalue weighted by atomic mass is 19.1. The van der Waals surface area contributed by atoms with Crippen LogP contribution in [0.1, 0.15) is 18.4 Å². The highest BCUT2D eigenvalue weighted by molar-refractivity contribution is 5.49. The largest absolute Gasteiger partial charge is 0.394 e. The summed E-state index contributed by atoms with van der Waals surface area (Å²) in [6.07, 6.45) is 1.82. The molecule has 1 fully saturated rings. The summed E-state index contributed by atoms with van der Waals surface area (Å²) < 4.78 is 19.4. The Bertz CT molecular complexity index is 406. The molecule has 0 bridgehead atoms. The predicted octanol–water partition coefficient (Wildman–Crippen LogP) is 1.30. The molecule has 0 saturated carbocycles. The number of benzene rings is 1. The van der Waals surface area contributed by atoms with E-state index in [1.54, 1.807) is 12.1 Å². The van der Waals surface area contributed by atoms with E-state index < -0.39 is 0 Å². The normalized spacial score (nSPS) is 16.9. The van der Waals surface area contributed by atoms with Gasteiger partial charge in [0.05, 0.1) is 31.6 Å². The summed E-state index contributed by atoms with van der Waals surface area (Å²) in [6.45, 7) is 1.74. The van der Waals surface area contributed by atoms with E-state index in [0.717, 1.165) is 25.9 Å². The zero-order chi connectivity index (χ0) is 13.7. The molecule has 106 valence electrons. The topological polar surface area (TPSA) is 52.9 Å². The van der Waals surface area contributed by atoms with Gasteiger partial charge in [0, 0.05) is 13.1 Å². The minimum Gasteiger partial charge on any atom is -0.394 e. The van der Waals surface area contributed by atoms with E-state index >= 15 is 0 Å². The summed E-state index contributed by atoms with van der Waals surface area (Å²) in [5.41, 5.74) is 1.17. The number of hydrogen-bond donors (Lipinski definition) is 2. The zero-order valence-electron chi connectivity index (χ0n) is 10.9. The lowest BCUT2D eigenvalue weighted by molar-refractivity contribution is 0.0158. The fourth-order valence-corrected chi connectivity index (χ4v) is 2.39. The number of aliphatic hydroxyl groups is 2. The first-order valence-corrected chi connectivity index (χ1v) is 6.61. The van der Waals surface area contributed by atoms with Crippen LogP contribution in [0.4, 0.5) is 10.1 Å². The SMILES string of the molecule is OCCOC1CCN(c2ccc(CO)cc2F)CC1. The predicted molar refractivity (Wildman–Crippen MR) is 70.6 cm³/mol. The number of ether oxygens (including phenoxy) is 1. The molecule has 1 heterocycles. The van der Waals surface area contributed by atoms with Crippen molar-refractivity contribution >= 4 is 5.69 Å². The molecule has 0 unspecified atom stereocenters. The van der Waals surface area contributed by atoms with Crippen molar-refractivity contribution < 1.29 is 19.3 Å². The van der Waals surface area contributed by atoms with Gasteiger partial charge in [0.15, 0.2) is 0 Å². The van der Waals surface area contributed by atoms with Crippen molar-refractivity contribution in [2.24, 2.45) is 0 Å². The molecule has 2 N–H and O–H groups in total. The average Bonchev–Trinajstić information content (AvgIpc) is 2.45. The van der Waals surface area contributed by atoms with Crippen LogP contribution in [0.25, 0.3) is 0 Å². The van der Waals surface area contributed by atoms with Gasteiger partial charge in [-0.25, -0.2) is 4.39 Å². The monoisotopic (exact) mass is 269 g/mol. The van der Waals surface area contributed by atoms with Gasteiger partial charge >= 0.3 is 0 Å². The standard InChI is InChI=1S/C14H20FNO3/c15-13-9-11(10-18)1-2-14(13)16-5-3-12(4-6-16)19-8-7-17/h1-2,9,12,17-18H,3-8,10H2. The molecule has 1 aliphatic rings. The number of rotatable bonds is 5. The lowest BCUT2D eigenvalue weighted by atomic mass is 10.1. The summed E-state index contributed by atoms with van der Waals surface area (Å²) in [5.74, 6) is -0.290. The smallest absolute Gasteiger partial charge is 0.146 e. The second-order valence-corrected chi connectivity index (χ2v) is 4.72. The lowest BCUT2D eigenvalue weighted by Crippen LogP contribution is -2.37. The minimum absolute atomic E-state index is 0.0392. The summed E-state index contributed by atoms with van der Waals surface area (Å²) in [7, 11) is 0. The number of nitrogens with zero attached hydrogens (tertiary/aromatic N) is 1. The molecule has 0 aromatic heterocycles. The van der Waals surface area contributed by atoms with Crippen LogP contribution in [0.15, 0.2) is 18.2 Å². The van der Waals surface area contributed by atoms with Crippen molar-refractivity contribution in [2.75, 3.05) is 31.2 Å². The summed E-state index contributed by atoms with van der Waals surface area (Å²) in [6, 6.07) is 4.84. The second kappa shape index (κ2) is 6.84. The van der Waals surface area contributed by atoms with Gasteiger partial charge in [0.1, 0.15) is 5.82 Å². The summed E-state index contributed by atoms with van der Waals surface area (Å²) in [5, 5.41) is 17.7. The number of anilines is 1. The van der Waals surface area contributed by atoms with Gasteiger partial charge in [0.2, 0.25) is 0 Å². The Morgan fingerprint density at radius 3 is 2.58 bits per heavy atom. The second-order valence-electron chi connectivity index (χ2n) is 4.72. The van der Waals surface area contributed by atoms with Gasteiger partial charge < -0.3 is 19.8 Å². The van der Waals surface area contributed by atoms with E-state index in [1.807, 2.05) is 4.90 Å². The number of hydrogen-bond acceptors (Lipinski definition) is 4. The Morgan fingerprint density at radius 2 is 2.00 bits per heavy atom. The van der Waals surface area contributed by atoms with Crippen LogP contribution in [0.2, 0.25) is 0 Å². The van der Waals surface area contributed by atoms with Crippen LogP contribution < -0.4 is 4.90 Å². The third kappa shape index (κ3) is 3.65. The molecular weight excluding hydrogens is 249 g/mol. The Balaban J connectivity index is 1.94. The summed E-state index contributed by atoms with van der Waals surface area (Å²) >= 11 is 0. The molecule has 0 aliphatic carbocycles. The highest BCUT2D eigenvalue weighted by Crippen LogP contribution is 2.25. The first kappa shape index (κ1) is 14.2. The van der Waals surface area contributed by atoms with Gasteiger partial charge in [-0.2, -0.15) is 0 Å². The minimum atomic E-state index is -0.290. The number of halogens is 1. The molecule has 4 nitrogen and oxygen atoms in total. The van der Waals surface area contributed by atoms with E-state index in [4.69, 9.17) is 14.9 Å². The van der Waals surface area contributed by atoms with Crippen molar-refractivity contribution in [2.45, 2.75) is 25.6 Å². The third-order valence-corrected chi connectivity index (χ3v) is 3.42. The van der Waals surface area contributed by atoms with Gasteiger partial charge in [-0.1, -0.05) is 6.07 Å². The van der Waals surface area contributed by atoms with Crippen LogP contribution in [-0.4, -0.2) is 42.6 Å². The quantitative estimate of drug-likeness (QED) is 0.846. The van der Waals surface area contributed by atoms with E-state index in [2.05, 4.69) is 0 Å². The number of piperidine rings is 1. The summed E-state index contributed by atoms with van der Waals surface area (Å²) in [4.78, 5) is 2.00. The molecule has 0 atom stereocenters. The van der Waals surface area contributed by atoms with Crippen LogP contribution >= 0.6 is 0 Å². The molecule has 0 amide bonds. The number of aliphatic hydroxyl groups excluding tert-OH is 2. The Labute approximate surface area is 112 Å².